The van der Waals surface area contributed by atoms with Gasteiger partial charge >= 0.3 is 6.03 Å². The van der Waals surface area contributed by atoms with Crippen molar-refractivity contribution in [2.75, 3.05) is 6.54 Å². The Hall–Kier alpha value is -2.22. The number of nitrogens with zero attached hydrogens (tertiary/aromatic N) is 2. The molecular weight excluding hydrogens is 364 g/mol. The van der Waals surface area contributed by atoms with E-state index in [0.29, 0.717) is 17.4 Å². The lowest BCUT2D eigenvalue weighted by molar-refractivity contribution is -0.120. The smallest absolute Gasteiger partial charge is 0.321 e. The molecule has 122 valence electrons. The summed E-state index contributed by atoms with van der Waals surface area (Å²) < 4.78 is 1.92. The van der Waals surface area contributed by atoms with Crippen molar-refractivity contribution in [3.05, 3.63) is 39.4 Å². The summed E-state index contributed by atoms with van der Waals surface area (Å²) >= 11 is 3.30. The van der Waals surface area contributed by atoms with Crippen molar-refractivity contribution in [2.24, 2.45) is 5.92 Å². The van der Waals surface area contributed by atoms with Crippen LogP contribution in [-0.4, -0.2) is 28.0 Å². The summed E-state index contributed by atoms with van der Waals surface area (Å²) in [5, 5.41) is 5.16. The molecule has 0 spiro atoms. The Balaban J connectivity index is 2.09. The Morgan fingerprint density at radius 2 is 2.09 bits per heavy atom. The number of carbonyl (C=O) groups is 2. The molecule has 0 radical (unpaired) electrons. The number of rotatable bonds is 4. The molecule has 0 aliphatic rings. The highest BCUT2D eigenvalue weighted by molar-refractivity contribution is 9.10. The fourth-order valence-electron chi connectivity index (χ4n) is 1.91. The molecule has 2 N–H and O–H groups in total. The van der Waals surface area contributed by atoms with Crippen LogP contribution in [0.5, 0.6) is 0 Å². The van der Waals surface area contributed by atoms with E-state index < -0.39 is 11.9 Å². The van der Waals surface area contributed by atoms with Gasteiger partial charge in [-0.05, 0) is 24.1 Å². The van der Waals surface area contributed by atoms with E-state index in [1.807, 2.05) is 13.8 Å². The zero-order valence-corrected chi connectivity index (χ0v) is 14.4. The van der Waals surface area contributed by atoms with Crippen molar-refractivity contribution in [1.29, 1.82) is 0 Å². The van der Waals surface area contributed by atoms with E-state index in [0.717, 1.165) is 4.47 Å². The predicted molar refractivity (Wildman–Crippen MR) is 90.1 cm³/mol. The third-order valence-electron chi connectivity index (χ3n) is 3.02. The maximum atomic E-state index is 12.3. The SMILES string of the molecule is CC(C)CNC(=O)NC(=O)Cn1cnc2ccc(Br)cc2c1=O. The van der Waals surface area contributed by atoms with Crippen LogP contribution in [0.2, 0.25) is 0 Å². The average molecular weight is 381 g/mol. The number of benzene rings is 1. The molecule has 1 heterocycles. The van der Waals surface area contributed by atoms with Crippen molar-refractivity contribution in [3.63, 3.8) is 0 Å². The highest BCUT2D eigenvalue weighted by Gasteiger charge is 2.11. The molecule has 1 aromatic carbocycles. The number of carbonyl (C=O) groups excluding carboxylic acids is 2. The lowest BCUT2D eigenvalue weighted by Crippen LogP contribution is -2.43. The van der Waals surface area contributed by atoms with Gasteiger partial charge in [0.15, 0.2) is 0 Å². The summed E-state index contributed by atoms with van der Waals surface area (Å²) in [6.45, 7) is 4.08. The van der Waals surface area contributed by atoms with Gasteiger partial charge in [0.2, 0.25) is 5.91 Å². The van der Waals surface area contributed by atoms with Crippen molar-refractivity contribution >= 4 is 38.8 Å². The molecule has 8 heteroatoms. The molecule has 0 saturated carbocycles. The van der Waals surface area contributed by atoms with Crippen LogP contribution >= 0.6 is 15.9 Å². The highest BCUT2D eigenvalue weighted by Crippen LogP contribution is 2.14. The first-order valence-corrected chi connectivity index (χ1v) is 7.88. The highest BCUT2D eigenvalue weighted by atomic mass is 79.9. The first-order chi connectivity index (χ1) is 10.9. The van der Waals surface area contributed by atoms with Gasteiger partial charge in [-0.25, -0.2) is 9.78 Å². The largest absolute Gasteiger partial charge is 0.338 e. The van der Waals surface area contributed by atoms with Crippen LogP contribution in [0, 0.1) is 5.92 Å². The minimum absolute atomic E-state index is 0.274. The first kappa shape index (κ1) is 17.1. The fraction of sp³-hybridized carbons (Fsp3) is 0.333. The topological polar surface area (TPSA) is 93.1 Å². The summed E-state index contributed by atoms with van der Waals surface area (Å²) in [5.74, 6) is -0.300. The number of hydrogen-bond donors (Lipinski definition) is 2. The molecule has 1 aromatic heterocycles. The molecule has 0 fully saturated rings. The lowest BCUT2D eigenvalue weighted by Gasteiger charge is -2.09. The number of hydrogen-bond acceptors (Lipinski definition) is 4. The van der Waals surface area contributed by atoms with E-state index in [1.54, 1.807) is 18.2 Å². The number of aromatic nitrogens is 2. The van der Waals surface area contributed by atoms with Gasteiger partial charge in [-0.2, -0.15) is 0 Å². The second-order valence-electron chi connectivity index (χ2n) is 5.49. The van der Waals surface area contributed by atoms with Gasteiger partial charge in [0.1, 0.15) is 6.54 Å². The van der Waals surface area contributed by atoms with Gasteiger partial charge in [-0.15, -0.1) is 0 Å². The normalized spacial score (nSPS) is 10.8. The van der Waals surface area contributed by atoms with Gasteiger partial charge in [0, 0.05) is 11.0 Å². The molecular formula is C15H17BrN4O3. The molecule has 0 bridgehead atoms. The molecule has 0 atom stereocenters. The summed E-state index contributed by atoms with van der Waals surface area (Å²) in [6, 6.07) is 4.57. The van der Waals surface area contributed by atoms with E-state index in [-0.39, 0.29) is 18.0 Å². The number of halogens is 1. The number of nitrogens with one attached hydrogen (secondary N) is 2. The number of amides is 3. The van der Waals surface area contributed by atoms with Crippen molar-refractivity contribution in [3.8, 4) is 0 Å². The van der Waals surface area contributed by atoms with Crippen molar-refractivity contribution < 1.29 is 9.59 Å². The standard InChI is InChI=1S/C15H17BrN4O3/c1-9(2)6-17-15(23)19-13(21)7-20-8-18-12-4-3-10(16)5-11(12)14(20)22/h3-5,8-9H,6-7H2,1-2H3,(H2,17,19,21,23). The van der Waals surface area contributed by atoms with E-state index in [4.69, 9.17) is 0 Å². The van der Waals surface area contributed by atoms with Gasteiger partial charge in [-0.1, -0.05) is 29.8 Å². The summed E-state index contributed by atoms with van der Waals surface area (Å²) in [7, 11) is 0. The van der Waals surface area contributed by atoms with Crippen LogP contribution in [0.1, 0.15) is 13.8 Å². The number of urea groups is 1. The van der Waals surface area contributed by atoms with Crippen molar-refractivity contribution in [2.45, 2.75) is 20.4 Å². The summed E-state index contributed by atoms with van der Waals surface area (Å²) in [4.78, 5) is 39.9. The lowest BCUT2D eigenvalue weighted by atomic mass is 10.2. The third-order valence-corrected chi connectivity index (χ3v) is 3.52. The predicted octanol–water partition coefficient (Wildman–Crippen LogP) is 1.64. The Bertz CT molecular complexity index is 801. The zero-order chi connectivity index (χ0) is 17.0. The van der Waals surface area contributed by atoms with Crippen LogP contribution in [0.3, 0.4) is 0 Å². The summed E-state index contributed by atoms with van der Waals surface area (Å²) in [5.41, 5.74) is 0.207. The minimum atomic E-state index is -0.579. The average Bonchev–Trinajstić information content (AvgIpc) is 2.48. The first-order valence-electron chi connectivity index (χ1n) is 7.09. The third kappa shape index (κ3) is 4.62. The van der Waals surface area contributed by atoms with Gasteiger partial charge in [0.05, 0.1) is 17.2 Å². The molecule has 2 rings (SSSR count). The molecule has 0 saturated heterocycles. The Kier molecular flexibility index (Phi) is 5.49. The van der Waals surface area contributed by atoms with E-state index in [2.05, 4.69) is 31.5 Å². The quantitative estimate of drug-likeness (QED) is 0.842. The van der Waals surface area contributed by atoms with Crippen LogP contribution < -0.4 is 16.2 Å². The van der Waals surface area contributed by atoms with Crippen molar-refractivity contribution in [1.82, 2.24) is 20.2 Å². The maximum absolute atomic E-state index is 12.3. The van der Waals surface area contributed by atoms with Crippen LogP contribution in [-0.2, 0) is 11.3 Å². The number of imide groups is 1. The Morgan fingerprint density at radius 3 is 2.78 bits per heavy atom. The van der Waals surface area contributed by atoms with E-state index >= 15 is 0 Å². The molecule has 7 nitrogen and oxygen atoms in total. The van der Waals surface area contributed by atoms with Crippen LogP contribution in [0.15, 0.2) is 33.8 Å². The van der Waals surface area contributed by atoms with Crippen LogP contribution in [0.4, 0.5) is 4.79 Å². The molecule has 2 aromatic rings. The minimum Gasteiger partial charge on any atom is -0.338 e. The molecule has 0 aliphatic heterocycles. The number of fused-ring (bicyclic) bond motifs is 1. The molecule has 3 amide bonds. The second kappa shape index (κ2) is 7.36. The van der Waals surface area contributed by atoms with E-state index in [9.17, 15) is 14.4 Å². The van der Waals surface area contributed by atoms with Gasteiger partial charge in [-0.3, -0.25) is 19.5 Å². The maximum Gasteiger partial charge on any atom is 0.321 e. The summed E-state index contributed by atoms with van der Waals surface area (Å²) in [6.07, 6.45) is 1.30. The fourth-order valence-corrected chi connectivity index (χ4v) is 2.27. The Labute approximate surface area is 141 Å². The molecule has 23 heavy (non-hydrogen) atoms. The van der Waals surface area contributed by atoms with Crippen LogP contribution in [0.25, 0.3) is 10.9 Å². The second-order valence-corrected chi connectivity index (χ2v) is 6.41. The van der Waals surface area contributed by atoms with E-state index in [1.165, 1.54) is 10.9 Å². The molecule has 0 unspecified atom stereocenters. The molecule has 0 aliphatic carbocycles. The zero-order valence-electron chi connectivity index (χ0n) is 12.8. The van der Waals surface area contributed by atoms with Gasteiger partial charge in [0.25, 0.3) is 5.56 Å². The van der Waals surface area contributed by atoms with Gasteiger partial charge < -0.3 is 5.32 Å². The Morgan fingerprint density at radius 1 is 1.35 bits per heavy atom. The monoisotopic (exact) mass is 380 g/mol.